The van der Waals surface area contributed by atoms with Crippen molar-refractivity contribution in [3.05, 3.63) is 0 Å². The zero-order chi connectivity index (χ0) is 12.6. The van der Waals surface area contributed by atoms with Gasteiger partial charge in [-0.25, -0.2) is 4.79 Å². The molecule has 0 bridgehead atoms. The molecule has 0 aromatic heterocycles. The van der Waals surface area contributed by atoms with Crippen molar-refractivity contribution in [1.82, 2.24) is 4.90 Å². The van der Waals surface area contributed by atoms with Crippen LogP contribution in [0.1, 0.15) is 39.0 Å². The summed E-state index contributed by atoms with van der Waals surface area (Å²) in [4.78, 5) is 25.0. The van der Waals surface area contributed by atoms with Crippen LogP contribution in [0.3, 0.4) is 0 Å². The van der Waals surface area contributed by atoms with Gasteiger partial charge in [0.15, 0.2) is 0 Å². The predicted octanol–water partition coefficient (Wildman–Crippen LogP) is 0.579. The van der Waals surface area contributed by atoms with E-state index in [2.05, 4.69) is 0 Å². The summed E-state index contributed by atoms with van der Waals surface area (Å²) in [5.74, 6) is -0.872. The number of nitrogens with two attached hydrogens (primary N) is 1. The van der Waals surface area contributed by atoms with Gasteiger partial charge in [0.1, 0.15) is 6.04 Å². The molecule has 17 heavy (non-hydrogen) atoms. The van der Waals surface area contributed by atoms with Crippen molar-refractivity contribution in [2.75, 3.05) is 6.54 Å². The molecule has 2 aliphatic rings. The topological polar surface area (TPSA) is 83.6 Å². The fraction of sp³-hybridized carbons (Fsp3) is 0.833. The van der Waals surface area contributed by atoms with Crippen LogP contribution in [0.2, 0.25) is 0 Å². The van der Waals surface area contributed by atoms with Crippen LogP contribution in [0, 0.1) is 5.92 Å². The predicted molar refractivity (Wildman–Crippen MR) is 62.3 cm³/mol. The van der Waals surface area contributed by atoms with E-state index in [4.69, 9.17) is 10.8 Å². The van der Waals surface area contributed by atoms with E-state index < -0.39 is 17.6 Å². The lowest BCUT2D eigenvalue weighted by atomic mass is 9.92. The molecule has 5 heteroatoms. The number of carbonyl (C=O) groups excluding carboxylic acids is 1. The first-order chi connectivity index (χ1) is 7.94. The number of rotatable bonds is 3. The van der Waals surface area contributed by atoms with E-state index in [-0.39, 0.29) is 11.8 Å². The SMILES string of the molecule is CC(N)(C(=O)N1CCCCC1C(=O)O)C1CC1. The van der Waals surface area contributed by atoms with Crippen molar-refractivity contribution < 1.29 is 14.7 Å². The Hall–Kier alpha value is -1.10. The molecule has 0 radical (unpaired) electrons. The quantitative estimate of drug-likeness (QED) is 0.755. The van der Waals surface area contributed by atoms with Crippen molar-refractivity contribution in [3.63, 3.8) is 0 Å². The Morgan fingerprint density at radius 1 is 1.29 bits per heavy atom. The van der Waals surface area contributed by atoms with Crippen LogP contribution < -0.4 is 5.73 Å². The highest BCUT2D eigenvalue weighted by Gasteiger charge is 2.48. The van der Waals surface area contributed by atoms with Gasteiger partial charge in [0.05, 0.1) is 5.54 Å². The van der Waals surface area contributed by atoms with Gasteiger partial charge in [-0.15, -0.1) is 0 Å². The number of aliphatic carboxylic acids is 1. The lowest BCUT2D eigenvalue weighted by Crippen LogP contribution is -2.60. The van der Waals surface area contributed by atoms with E-state index in [1.807, 2.05) is 0 Å². The zero-order valence-electron chi connectivity index (χ0n) is 10.2. The molecule has 1 amide bonds. The largest absolute Gasteiger partial charge is 0.480 e. The van der Waals surface area contributed by atoms with Crippen molar-refractivity contribution >= 4 is 11.9 Å². The second-order valence-corrected chi connectivity index (χ2v) is 5.41. The van der Waals surface area contributed by atoms with Gasteiger partial charge in [-0.05, 0) is 44.9 Å². The Morgan fingerprint density at radius 3 is 2.47 bits per heavy atom. The summed E-state index contributed by atoms with van der Waals surface area (Å²) in [5, 5.41) is 9.14. The maximum absolute atomic E-state index is 12.4. The number of hydrogen-bond donors (Lipinski definition) is 2. The van der Waals surface area contributed by atoms with E-state index in [9.17, 15) is 9.59 Å². The fourth-order valence-corrected chi connectivity index (χ4v) is 2.60. The van der Waals surface area contributed by atoms with Crippen LogP contribution >= 0.6 is 0 Å². The van der Waals surface area contributed by atoms with E-state index >= 15 is 0 Å². The van der Waals surface area contributed by atoms with E-state index in [1.54, 1.807) is 6.92 Å². The first-order valence-electron chi connectivity index (χ1n) is 6.27. The molecule has 1 heterocycles. The molecule has 1 saturated heterocycles. The third-order valence-corrected chi connectivity index (χ3v) is 3.93. The van der Waals surface area contributed by atoms with Gasteiger partial charge in [0.2, 0.25) is 5.91 Å². The first kappa shape index (κ1) is 12.4. The monoisotopic (exact) mass is 240 g/mol. The maximum atomic E-state index is 12.4. The minimum Gasteiger partial charge on any atom is -0.480 e. The Labute approximate surface area is 101 Å². The van der Waals surface area contributed by atoms with Gasteiger partial charge < -0.3 is 15.7 Å². The van der Waals surface area contributed by atoms with Gasteiger partial charge in [-0.1, -0.05) is 0 Å². The summed E-state index contributed by atoms with van der Waals surface area (Å²) in [7, 11) is 0. The normalized spacial score (nSPS) is 28.6. The zero-order valence-corrected chi connectivity index (χ0v) is 10.2. The number of nitrogens with zero attached hydrogens (tertiary/aromatic N) is 1. The summed E-state index contributed by atoms with van der Waals surface area (Å²) in [6.45, 7) is 2.26. The number of amides is 1. The molecule has 0 aromatic carbocycles. The third kappa shape index (κ3) is 2.29. The minimum atomic E-state index is -0.912. The average molecular weight is 240 g/mol. The summed E-state index contributed by atoms with van der Waals surface area (Å²) in [6, 6.07) is -0.683. The van der Waals surface area contributed by atoms with Crippen molar-refractivity contribution in [1.29, 1.82) is 0 Å². The van der Waals surface area contributed by atoms with Gasteiger partial charge in [-0.2, -0.15) is 0 Å². The molecule has 1 aliphatic carbocycles. The molecule has 5 nitrogen and oxygen atoms in total. The van der Waals surface area contributed by atoms with Gasteiger partial charge >= 0.3 is 5.97 Å². The van der Waals surface area contributed by atoms with Gasteiger partial charge in [0, 0.05) is 6.54 Å². The Bertz CT molecular complexity index is 337. The number of carboxylic acid groups (broad SMARTS) is 1. The highest BCUT2D eigenvalue weighted by Crippen LogP contribution is 2.39. The highest BCUT2D eigenvalue weighted by molar-refractivity contribution is 5.90. The highest BCUT2D eigenvalue weighted by atomic mass is 16.4. The van der Waals surface area contributed by atoms with Gasteiger partial charge in [-0.3, -0.25) is 4.79 Å². The molecule has 2 unspecified atom stereocenters. The Kier molecular flexibility index (Phi) is 3.12. The molecule has 96 valence electrons. The third-order valence-electron chi connectivity index (χ3n) is 3.93. The molecular weight excluding hydrogens is 220 g/mol. The van der Waals surface area contributed by atoms with Crippen molar-refractivity contribution in [3.8, 4) is 0 Å². The summed E-state index contributed by atoms with van der Waals surface area (Å²) < 4.78 is 0. The van der Waals surface area contributed by atoms with Crippen LogP contribution in [-0.4, -0.2) is 40.0 Å². The van der Waals surface area contributed by atoms with Crippen molar-refractivity contribution in [2.45, 2.75) is 50.6 Å². The van der Waals surface area contributed by atoms with E-state index in [0.717, 1.165) is 25.7 Å². The molecule has 1 aliphatic heterocycles. The number of piperidine rings is 1. The van der Waals surface area contributed by atoms with E-state index in [0.29, 0.717) is 13.0 Å². The van der Waals surface area contributed by atoms with E-state index in [1.165, 1.54) is 4.90 Å². The van der Waals surface area contributed by atoms with Crippen LogP contribution in [0.5, 0.6) is 0 Å². The first-order valence-corrected chi connectivity index (χ1v) is 6.27. The van der Waals surface area contributed by atoms with Gasteiger partial charge in [0.25, 0.3) is 0 Å². The minimum absolute atomic E-state index is 0.188. The lowest BCUT2D eigenvalue weighted by Gasteiger charge is -2.38. The van der Waals surface area contributed by atoms with Crippen LogP contribution in [0.25, 0.3) is 0 Å². The second kappa shape index (κ2) is 4.29. The molecule has 1 saturated carbocycles. The maximum Gasteiger partial charge on any atom is 0.326 e. The number of carboxylic acids is 1. The smallest absolute Gasteiger partial charge is 0.326 e. The number of hydrogen-bond acceptors (Lipinski definition) is 3. The Balaban J connectivity index is 2.13. The summed E-state index contributed by atoms with van der Waals surface area (Å²) in [6.07, 6.45) is 4.23. The standard InChI is InChI=1S/C12H20N2O3/c1-12(13,8-5-6-8)11(17)14-7-3-2-4-9(14)10(15)16/h8-9H,2-7,13H2,1H3,(H,15,16). The molecule has 3 N–H and O–H groups in total. The summed E-state index contributed by atoms with van der Waals surface area (Å²) >= 11 is 0. The average Bonchev–Trinajstić information content (AvgIpc) is 3.12. The molecular formula is C12H20N2O3. The Morgan fingerprint density at radius 2 is 1.94 bits per heavy atom. The molecule has 2 fully saturated rings. The number of carbonyl (C=O) groups is 2. The van der Waals surface area contributed by atoms with Crippen LogP contribution in [0.15, 0.2) is 0 Å². The molecule has 0 spiro atoms. The van der Waals surface area contributed by atoms with Crippen LogP contribution in [0.4, 0.5) is 0 Å². The summed E-state index contributed by atoms with van der Waals surface area (Å²) in [5.41, 5.74) is 5.19. The van der Waals surface area contributed by atoms with Crippen molar-refractivity contribution in [2.24, 2.45) is 11.7 Å². The fourth-order valence-electron chi connectivity index (χ4n) is 2.60. The van der Waals surface area contributed by atoms with Crippen LogP contribution in [-0.2, 0) is 9.59 Å². The molecule has 2 atom stereocenters. The molecule has 0 aromatic rings. The number of likely N-dealkylation sites (tertiary alicyclic amines) is 1. The molecule has 2 rings (SSSR count). The second-order valence-electron chi connectivity index (χ2n) is 5.41. The lowest BCUT2D eigenvalue weighted by molar-refractivity contribution is -0.154.